The molecule has 2 amide bonds. The van der Waals surface area contributed by atoms with Crippen LogP contribution in [0.1, 0.15) is 28.6 Å². The molecule has 1 N–H and O–H groups in total. The first-order valence-electron chi connectivity index (χ1n) is 12.9. The lowest BCUT2D eigenvalue weighted by Gasteiger charge is -2.31. The van der Waals surface area contributed by atoms with Gasteiger partial charge in [0.1, 0.15) is 11.8 Å². The number of thioether (sulfide) groups is 1. The lowest BCUT2D eigenvalue weighted by molar-refractivity contribution is -0.137. The van der Waals surface area contributed by atoms with Gasteiger partial charge in [-0.2, -0.15) is 0 Å². The third-order valence-corrected chi connectivity index (χ3v) is 7.15. The smallest absolute Gasteiger partial charge is 0.251 e. The lowest BCUT2D eigenvalue weighted by Crippen LogP contribution is -2.41. The van der Waals surface area contributed by atoms with Crippen molar-refractivity contribution in [3.05, 3.63) is 95.6 Å². The summed E-state index contributed by atoms with van der Waals surface area (Å²) in [7, 11) is 1.57. The summed E-state index contributed by atoms with van der Waals surface area (Å²) in [5.41, 5.74) is 3.55. The van der Waals surface area contributed by atoms with Crippen molar-refractivity contribution < 1.29 is 23.8 Å². The van der Waals surface area contributed by atoms with Crippen LogP contribution in [0.5, 0.6) is 17.2 Å². The Kier molecular flexibility index (Phi) is 8.64. The minimum Gasteiger partial charge on any atom is -0.497 e. The first-order valence-corrected chi connectivity index (χ1v) is 13.9. The second kappa shape index (κ2) is 12.7. The maximum Gasteiger partial charge on any atom is 0.251 e. The van der Waals surface area contributed by atoms with Crippen LogP contribution in [0.4, 0.5) is 5.69 Å². The molecule has 210 valence electrons. The number of nitrogens with zero attached hydrogens (tertiary/aromatic N) is 4. The van der Waals surface area contributed by atoms with E-state index in [9.17, 15) is 9.59 Å². The fourth-order valence-electron chi connectivity index (χ4n) is 4.42. The van der Waals surface area contributed by atoms with E-state index in [4.69, 9.17) is 14.2 Å². The Morgan fingerprint density at radius 3 is 2.49 bits per heavy atom. The third-order valence-electron chi connectivity index (χ3n) is 6.31. The summed E-state index contributed by atoms with van der Waals surface area (Å²) in [5.74, 6) is 1.16. The lowest BCUT2D eigenvalue weighted by atomic mass is 10.0. The van der Waals surface area contributed by atoms with Gasteiger partial charge in [-0.1, -0.05) is 30.0 Å². The number of benzene rings is 2. The molecule has 1 aliphatic heterocycles. The van der Waals surface area contributed by atoms with Crippen LogP contribution in [0.25, 0.3) is 0 Å². The average molecular weight is 572 g/mol. The molecule has 1 unspecified atom stereocenters. The van der Waals surface area contributed by atoms with Crippen LogP contribution in [0.15, 0.2) is 78.2 Å². The number of carbonyl (C=O) groups excluding carboxylic acids is 2. The fourth-order valence-corrected chi connectivity index (χ4v) is 5.26. The van der Waals surface area contributed by atoms with E-state index >= 15 is 0 Å². The molecule has 0 saturated carbocycles. The predicted octanol–water partition coefficient (Wildman–Crippen LogP) is 4.73. The minimum absolute atomic E-state index is 0.0348. The van der Waals surface area contributed by atoms with Crippen molar-refractivity contribution in [1.82, 2.24) is 19.9 Å². The van der Waals surface area contributed by atoms with Crippen LogP contribution in [-0.2, 0) is 16.1 Å². The maximum atomic E-state index is 14.0. The van der Waals surface area contributed by atoms with E-state index < -0.39 is 6.04 Å². The molecule has 10 nitrogen and oxygen atoms in total. The number of ether oxygens (including phenoxy) is 3. The van der Waals surface area contributed by atoms with Gasteiger partial charge in [-0.25, -0.2) is 9.97 Å². The van der Waals surface area contributed by atoms with Gasteiger partial charge in [0.05, 0.1) is 12.9 Å². The summed E-state index contributed by atoms with van der Waals surface area (Å²) in [4.78, 5) is 42.6. The van der Waals surface area contributed by atoms with E-state index in [1.165, 1.54) is 11.8 Å². The van der Waals surface area contributed by atoms with Crippen molar-refractivity contribution in [3.63, 3.8) is 0 Å². The summed E-state index contributed by atoms with van der Waals surface area (Å²) >= 11 is 1.23. The number of fused-ring (bicyclic) bond motifs is 1. The average Bonchev–Trinajstić information content (AvgIpc) is 3.44. The predicted molar refractivity (Wildman–Crippen MR) is 154 cm³/mol. The highest BCUT2D eigenvalue weighted by Gasteiger charge is 2.32. The van der Waals surface area contributed by atoms with Crippen molar-refractivity contribution in [1.29, 1.82) is 0 Å². The van der Waals surface area contributed by atoms with Crippen LogP contribution in [-0.4, -0.2) is 51.3 Å². The van der Waals surface area contributed by atoms with Crippen molar-refractivity contribution >= 4 is 29.3 Å². The zero-order chi connectivity index (χ0) is 28.8. The Hall–Kier alpha value is -4.64. The molecule has 1 atom stereocenters. The van der Waals surface area contributed by atoms with E-state index in [2.05, 4.69) is 20.3 Å². The van der Waals surface area contributed by atoms with Crippen LogP contribution in [0, 0.1) is 13.8 Å². The summed E-state index contributed by atoms with van der Waals surface area (Å²) in [5, 5.41) is 3.46. The standard InChI is InChI=1S/C30H29N5O5S/c1-19-13-20(2)33-30(32-19)41-17-27(36)35(16-21-5-4-12-31-15-21)28(22-6-9-24(38-3)10-7-22)29(37)34-23-8-11-25-26(14-23)40-18-39-25/h4-15,28H,16-18H2,1-3H3,(H,34,37). The highest BCUT2D eigenvalue weighted by Crippen LogP contribution is 2.35. The van der Waals surface area contributed by atoms with E-state index in [1.807, 2.05) is 26.0 Å². The molecule has 4 aromatic rings. The molecule has 41 heavy (non-hydrogen) atoms. The van der Waals surface area contributed by atoms with Gasteiger partial charge in [-0.15, -0.1) is 0 Å². The quantitative estimate of drug-likeness (QED) is 0.213. The number of nitrogens with one attached hydrogen (secondary N) is 1. The number of hydrogen-bond acceptors (Lipinski definition) is 9. The van der Waals surface area contributed by atoms with Gasteiger partial charge < -0.3 is 24.4 Å². The molecule has 2 aromatic carbocycles. The zero-order valence-corrected chi connectivity index (χ0v) is 23.7. The number of aryl methyl sites for hydroxylation is 2. The molecule has 0 fully saturated rings. The highest BCUT2D eigenvalue weighted by atomic mass is 32.2. The van der Waals surface area contributed by atoms with E-state index in [0.717, 1.165) is 17.0 Å². The second-order valence-corrected chi connectivity index (χ2v) is 10.3. The summed E-state index contributed by atoms with van der Waals surface area (Å²) in [6.07, 6.45) is 3.34. The first kappa shape index (κ1) is 27.9. The Bertz CT molecular complexity index is 1510. The van der Waals surface area contributed by atoms with Gasteiger partial charge in [0.15, 0.2) is 16.7 Å². The molecule has 11 heteroatoms. The Balaban J connectivity index is 1.48. The molecule has 1 aliphatic rings. The first-order chi connectivity index (χ1) is 19.9. The van der Waals surface area contributed by atoms with Crippen LogP contribution >= 0.6 is 11.8 Å². The molecule has 0 bridgehead atoms. The minimum atomic E-state index is -0.972. The van der Waals surface area contributed by atoms with Gasteiger partial charge in [0.25, 0.3) is 5.91 Å². The maximum absolute atomic E-state index is 14.0. The van der Waals surface area contributed by atoms with Crippen LogP contribution in [0.3, 0.4) is 0 Å². The van der Waals surface area contributed by atoms with Crippen LogP contribution in [0.2, 0.25) is 0 Å². The summed E-state index contributed by atoms with van der Waals surface area (Å²) < 4.78 is 16.2. The molecule has 0 saturated heterocycles. The number of amides is 2. The van der Waals surface area contributed by atoms with Crippen LogP contribution < -0.4 is 19.5 Å². The van der Waals surface area contributed by atoms with Crippen molar-refractivity contribution in [3.8, 4) is 17.2 Å². The molecular formula is C30H29N5O5S. The van der Waals surface area contributed by atoms with Gasteiger partial charge in [0.2, 0.25) is 12.7 Å². The van der Waals surface area contributed by atoms with Crippen molar-refractivity contribution in [2.24, 2.45) is 0 Å². The number of carbonyl (C=O) groups is 2. The molecular weight excluding hydrogens is 542 g/mol. The molecule has 0 spiro atoms. The number of methoxy groups -OCH3 is 1. The number of rotatable bonds is 10. The molecule has 2 aromatic heterocycles. The van der Waals surface area contributed by atoms with E-state index in [1.54, 1.807) is 72.9 Å². The normalized spacial score (nSPS) is 12.5. The largest absolute Gasteiger partial charge is 0.497 e. The van der Waals surface area contributed by atoms with Gasteiger partial charge >= 0.3 is 0 Å². The second-order valence-electron chi connectivity index (χ2n) is 9.34. The number of anilines is 1. The van der Waals surface area contributed by atoms with Crippen molar-refractivity contribution in [2.75, 3.05) is 25.0 Å². The molecule has 3 heterocycles. The Labute approximate surface area is 242 Å². The SMILES string of the molecule is COc1ccc(C(C(=O)Nc2ccc3c(c2)OCO3)N(Cc2cccnc2)C(=O)CSc2nc(C)cc(C)n2)cc1. The highest BCUT2D eigenvalue weighted by molar-refractivity contribution is 7.99. The summed E-state index contributed by atoms with van der Waals surface area (Å²) in [6, 6.07) is 16.8. The van der Waals surface area contributed by atoms with Gasteiger partial charge in [0, 0.05) is 42.1 Å². The number of pyridine rings is 1. The number of hydrogen-bond donors (Lipinski definition) is 1. The molecule has 5 rings (SSSR count). The Morgan fingerprint density at radius 1 is 1.02 bits per heavy atom. The molecule has 0 aliphatic carbocycles. The topological polar surface area (TPSA) is 116 Å². The van der Waals surface area contributed by atoms with Crippen molar-refractivity contribution in [2.45, 2.75) is 31.6 Å². The third kappa shape index (κ3) is 6.93. The Morgan fingerprint density at radius 2 is 1.78 bits per heavy atom. The van der Waals surface area contributed by atoms with E-state index in [-0.39, 0.29) is 30.9 Å². The van der Waals surface area contributed by atoms with Gasteiger partial charge in [-0.3, -0.25) is 14.6 Å². The van der Waals surface area contributed by atoms with E-state index in [0.29, 0.717) is 33.7 Å². The van der Waals surface area contributed by atoms with Gasteiger partial charge in [-0.05, 0) is 61.4 Å². The zero-order valence-electron chi connectivity index (χ0n) is 22.9. The molecule has 0 radical (unpaired) electrons. The summed E-state index contributed by atoms with van der Waals surface area (Å²) in [6.45, 7) is 4.05. The number of aromatic nitrogens is 3. The fraction of sp³-hybridized carbons (Fsp3) is 0.233. The monoisotopic (exact) mass is 571 g/mol.